The lowest BCUT2D eigenvalue weighted by atomic mass is 10.3. The van der Waals surface area contributed by atoms with Crippen LogP contribution in [0.15, 0.2) is 23.1 Å². The molecule has 9 heteroatoms. The van der Waals surface area contributed by atoms with Crippen molar-refractivity contribution < 1.29 is 21.6 Å². The molecule has 1 aromatic carbocycles. The zero-order valence-corrected chi connectivity index (χ0v) is 13.6. The predicted octanol–water partition coefficient (Wildman–Crippen LogP) is 2.28. The first-order valence-corrected chi connectivity index (χ1v) is 8.26. The highest BCUT2D eigenvalue weighted by atomic mass is 32.2. The molecule has 1 aromatic heterocycles. The lowest BCUT2D eigenvalue weighted by Crippen LogP contribution is -2.36. The van der Waals surface area contributed by atoms with E-state index in [1.165, 1.54) is 0 Å². The number of hydrogen-bond donors (Lipinski definition) is 1. The van der Waals surface area contributed by atoms with E-state index in [1.54, 1.807) is 11.6 Å². The molecule has 2 aromatic rings. The van der Waals surface area contributed by atoms with Gasteiger partial charge < -0.3 is 0 Å². The summed E-state index contributed by atoms with van der Waals surface area (Å²) < 4.78 is 67.5. The van der Waals surface area contributed by atoms with Gasteiger partial charge in [0.05, 0.1) is 17.1 Å². The number of nitrogens with one attached hydrogen (secondary N) is 1. The molecule has 0 aliphatic carbocycles. The summed E-state index contributed by atoms with van der Waals surface area (Å²) >= 11 is 0. The normalized spacial score (nSPS) is 13.3. The molecule has 0 aliphatic heterocycles. The van der Waals surface area contributed by atoms with Crippen molar-refractivity contribution in [2.75, 3.05) is 0 Å². The summed E-state index contributed by atoms with van der Waals surface area (Å²) in [5, 5.41) is 4.21. The number of sulfonamides is 1. The van der Waals surface area contributed by atoms with Crippen LogP contribution >= 0.6 is 0 Å². The molecule has 0 fully saturated rings. The average molecular weight is 347 g/mol. The SMILES string of the molecule is Cc1cc(C)n(C[C@H](C)NS(=O)(=O)c2cc(F)c(F)c(F)c2)n1. The lowest BCUT2D eigenvalue weighted by Gasteiger charge is -2.15. The van der Waals surface area contributed by atoms with Gasteiger partial charge in [0.25, 0.3) is 0 Å². The maximum atomic E-state index is 13.2. The minimum atomic E-state index is -4.19. The summed E-state index contributed by atoms with van der Waals surface area (Å²) in [5.41, 5.74) is 1.65. The van der Waals surface area contributed by atoms with E-state index < -0.39 is 38.4 Å². The van der Waals surface area contributed by atoms with Crippen molar-refractivity contribution in [2.45, 2.75) is 38.3 Å². The van der Waals surface area contributed by atoms with E-state index in [4.69, 9.17) is 0 Å². The van der Waals surface area contributed by atoms with Crippen molar-refractivity contribution in [2.24, 2.45) is 0 Å². The van der Waals surface area contributed by atoms with Gasteiger partial charge in [0.15, 0.2) is 17.5 Å². The maximum absolute atomic E-state index is 13.2. The molecule has 0 spiro atoms. The molecular formula is C14H16F3N3O2S. The first-order chi connectivity index (χ1) is 10.6. The van der Waals surface area contributed by atoms with Crippen LogP contribution in [0.2, 0.25) is 0 Å². The molecule has 2 rings (SSSR count). The highest BCUT2D eigenvalue weighted by Crippen LogP contribution is 2.18. The molecule has 0 saturated heterocycles. The molecule has 0 unspecified atom stereocenters. The molecular weight excluding hydrogens is 331 g/mol. The van der Waals surface area contributed by atoms with Gasteiger partial charge in [-0.2, -0.15) is 5.10 Å². The smallest absolute Gasteiger partial charge is 0.241 e. The largest absolute Gasteiger partial charge is 0.268 e. The van der Waals surface area contributed by atoms with Crippen LogP contribution in [-0.2, 0) is 16.6 Å². The van der Waals surface area contributed by atoms with Crippen LogP contribution in [0.1, 0.15) is 18.3 Å². The van der Waals surface area contributed by atoms with E-state index in [2.05, 4.69) is 9.82 Å². The Balaban J connectivity index is 2.19. The van der Waals surface area contributed by atoms with Gasteiger partial charge in [0.2, 0.25) is 10.0 Å². The van der Waals surface area contributed by atoms with Crippen molar-refractivity contribution in [1.82, 2.24) is 14.5 Å². The molecule has 0 amide bonds. The van der Waals surface area contributed by atoms with Gasteiger partial charge in [0, 0.05) is 11.7 Å². The summed E-state index contributed by atoms with van der Waals surface area (Å²) in [6, 6.07) is 2.13. The number of nitrogens with zero attached hydrogens (tertiary/aromatic N) is 2. The van der Waals surface area contributed by atoms with Crippen LogP contribution in [0, 0.1) is 31.3 Å². The molecule has 0 saturated carbocycles. The van der Waals surface area contributed by atoms with Crippen molar-refractivity contribution in [3.63, 3.8) is 0 Å². The van der Waals surface area contributed by atoms with Crippen LogP contribution in [0.25, 0.3) is 0 Å². The Morgan fingerprint density at radius 2 is 1.74 bits per heavy atom. The van der Waals surface area contributed by atoms with E-state index in [-0.39, 0.29) is 6.54 Å². The third-order valence-corrected chi connectivity index (χ3v) is 4.74. The van der Waals surface area contributed by atoms with Gasteiger partial charge in [0.1, 0.15) is 0 Å². The summed E-state index contributed by atoms with van der Waals surface area (Å²) in [4.78, 5) is -0.672. The monoisotopic (exact) mass is 347 g/mol. The fourth-order valence-electron chi connectivity index (χ4n) is 2.18. The minimum absolute atomic E-state index is 0.241. The van der Waals surface area contributed by atoms with Crippen LogP contribution in [-0.4, -0.2) is 24.2 Å². The molecule has 23 heavy (non-hydrogen) atoms. The number of halogens is 3. The molecule has 0 bridgehead atoms. The van der Waals surface area contributed by atoms with Crippen LogP contribution < -0.4 is 4.72 Å². The Hall–Kier alpha value is -1.87. The minimum Gasteiger partial charge on any atom is -0.268 e. The fraction of sp³-hybridized carbons (Fsp3) is 0.357. The van der Waals surface area contributed by atoms with Gasteiger partial charge in [-0.25, -0.2) is 26.3 Å². The van der Waals surface area contributed by atoms with Crippen molar-refractivity contribution >= 4 is 10.0 Å². The van der Waals surface area contributed by atoms with E-state index in [1.807, 2.05) is 19.9 Å². The van der Waals surface area contributed by atoms with Gasteiger partial charge in [-0.1, -0.05) is 0 Å². The van der Waals surface area contributed by atoms with Crippen molar-refractivity contribution in [3.05, 3.63) is 47.0 Å². The quantitative estimate of drug-likeness (QED) is 0.844. The molecule has 1 heterocycles. The zero-order valence-electron chi connectivity index (χ0n) is 12.8. The maximum Gasteiger partial charge on any atom is 0.241 e. The Bertz CT molecular complexity index is 811. The summed E-state index contributed by atoms with van der Waals surface area (Å²) in [6.07, 6.45) is 0. The van der Waals surface area contributed by atoms with E-state index in [9.17, 15) is 21.6 Å². The van der Waals surface area contributed by atoms with Gasteiger partial charge in [-0.3, -0.25) is 4.68 Å². The number of aryl methyl sites for hydroxylation is 2. The highest BCUT2D eigenvalue weighted by molar-refractivity contribution is 7.89. The Labute approximate surface area is 132 Å². The second-order valence-electron chi connectivity index (χ2n) is 5.33. The number of benzene rings is 1. The average Bonchev–Trinajstić information content (AvgIpc) is 2.72. The fourth-order valence-corrected chi connectivity index (χ4v) is 3.43. The molecule has 5 nitrogen and oxygen atoms in total. The molecule has 1 N–H and O–H groups in total. The first kappa shape index (κ1) is 17.5. The van der Waals surface area contributed by atoms with Crippen molar-refractivity contribution in [1.29, 1.82) is 0 Å². The van der Waals surface area contributed by atoms with Gasteiger partial charge >= 0.3 is 0 Å². The molecule has 0 radical (unpaired) electrons. The predicted molar refractivity (Wildman–Crippen MR) is 77.8 cm³/mol. The third-order valence-electron chi connectivity index (χ3n) is 3.17. The lowest BCUT2D eigenvalue weighted by molar-refractivity contribution is 0.441. The standard InChI is InChI=1S/C14H16F3N3O2S/c1-8-4-10(3)20(18-8)7-9(2)19-23(21,22)11-5-12(15)14(17)13(16)6-11/h4-6,9,19H,7H2,1-3H3/t9-/m0/s1. The summed E-state index contributed by atoms with van der Waals surface area (Å²) in [7, 11) is -4.19. The van der Waals surface area contributed by atoms with Gasteiger partial charge in [-0.15, -0.1) is 0 Å². The van der Waals surface area contributed by atoms with E-state index in [0.29, 0.717) is 12.1 Å². The van der Waals surface area contributed by atoms with E-state index in [0.717, 1.165) is 11.4 Å². The van der Waals surface area contributed by atoms with E-state index >= 15 is 0 Å². The molecule has 126 valence electrons. The van der Waals surface area contributed by atoms with Crippen LogP contribution in [0.4, 0.5) is 13.2 Å². The van der Waals surface area contributed by atoms with Crippen molar-refractivity contribution in [3.8, 4) is 0 Å². The third kappa shape index (κ3) is 3.91. The topological polar surface area (TPSA) is 64.0 Å². The highest BCUT2D eigenvalue weighted by Gasteiger charge is 2.22. The van der Waals surface area contributed by atoms with Gasteiger partial charge in [-0.05, 0) is 39.0 Å². The first-order valence-electron chi connectivity index (χ1n) is 6.78. The zero-order chi connectivity index (χ0) is 17.4. The van der Waals surface area contributed by atoms with Crippen LogP contribution in [0.3, 0.4) is 0 Å². The Morgan fingerprint density at radius 1 is 1.17 bits per heavy atom. The Morgan fingerprint density at radius 3 is 2.22 bits per heavy atom. The second kappa shape index (κ2) is 6.32. The second-order valence-corrected chi connectivity index (χ2v) is 7.05. The Kier molecular flexibility index (Phi) is 4.81. The summed E-state index contributed by atoms with van der Waals surface area (Å²) in [5.74, 6) is -4.83. The summed E-state index contributed by atoms with van der Waals surface area (Å²) in [6.45, 7) is 5.46. The molecule has 1 atom stereocenters. The number of hydrogen-bond acceptors (Lipinski definition) is 3. The number of aromatic nitrogens is 2. The molecule has 0 aliphatic rings. The van der Waals surface area contributed by atoms with Crippen LogP contribution in [0.5, 0.6) is 0 Å². The number of rotatable bonds is 5.